The van der Waals surface area contributed by atoms with Crippen molar-refractivity contribution in [2.24, 2.45) is 28.6 Å². The van der Waals surface area contributed by atoms with Crippen LogP contribution in [0.1, 0.15) is 119 Å². The van der Waals surface area contributed by atoms with E-state index in [1.54, 1.807) is 11.1 Å². The number of hydrogen-bond acceptors (Lipinski definition) is 4. The van der Waals surface area contributed by atoms with E-state index in [1.807, 2.05) is 11.8 Å². The average Bonchev–Trinajstić information content (AvgIpc) is 3.17. The van der Waals surface area contributed by atoms with Crippen LogP contribution in [0.15, 0.2) is 23.3 Å². The van der Waals surface area contributed by atoms with Gasteiger partial charge in [0.05, 0.1) is 11.7 Å². The van der Waals surface area contributed by atoms with Crippen LogP contribution in [-0.2, 0) is 4.43 Å². The molecule has 4 rings (SSSR count). The molecule has 0 bridgehead atoms. The van der Waals surface area contributed by atoms with Crippen LogP contribution >= 0.6 is 11.8 Å². The molecule has 0 aromatic rings. The molecule has 0 radical (unpaired) electrons. The lowest BCUT2D eigenvalue weighted by molar-refractivity contribution is 0.0230. The third kappa shape index (κ3) is 6.12. The molecule has 4 aliphatic rings. The topological polar surface area (TPSA) is 49.7 Å². The molecule has 3 saturated carbocycles. The Morgan fingerprint density at radius 2 is 1.77 bits per heavy atom. The Kier molecular flexibility index (Phi) is 9.96. The number of rotatable bonds is 11. The first kappa shape index (κ1) is 32.8. The van der Waals surface area contributed by atoms with E-state index in [1.165, 1.54) is 38.5 Å². The van der Waals surface area contributed by atoms with Gasteiger partial charge in [0.15, 0.2) is 8.32 Å². The second-order valence-electron chi connectivity index (χ2n) is 16.0. The quantitative estimate of drug-likeness (QED) is 0.186. The van der Waals surface area contributed by atoms with Crippen LogP contribution in [0.3, 0.4) is 0 Å². The standard InChI is InChI=1S/C35H62O3SSi/c1-10-35(37,11-2)20-14-22-39-30(24-38-40(8,9)32(3,4)5)31-29(36)23-28-26-17-16-25-15-12-13-19-33(25,6)27(26)18-21-34(28,31)7/h16-17,27-31,36-37H,10-15,18-24H2,1-9H3/t27-,28-,29-,30+,31+,33-,34-/m0/s1. The highest BCUT2D eigenvalue weighted by atomic mass is 32.2. The molecule has 4 aliphatic carbocycles. The van der Waals surface area contributed by atoms with Gasteiger partial charge in [0.2, 0.25) is 0 Å². The molecule has 3 nitrogen and oxygen atoms in total. The van der Waals surface area contributed by atoms with Gasteiger partial charge in [0.1, 0.15) is 0 Å². The largest absolute Gasteiger partial charge is 0.416 e. The van der Waals surface area contributed by atoms with Crippen LogP contribution < -0.4 is 0 Å². The Morgan fingerprint density at radius 3 is 2.42 bits per heavy atom. The van der Waals surface area contributed by atoms with Crippen LogP contribution in [0.5, 0.6) is 0 Å². The zero-order valence-corrected chi connectivity index (χ0v) is 29.3. The second kappa shape index (κ2) is 12.1. The van der Waals surface area contributed by atoms with E-state index in [2.05, 4.69) is 73.7 Å². The van der Waals surface area contributed by atoms with E-state index < -0.39 is 13.9 Å². The van der Waals surface area contributed by atoms with E-state index in [0.29, 0.717) is 17.3 Å². The lowest BCUT2D eigenvalue weighted by Crippen LogP contribution is -2.49. The summed E-state index contributed by atoms with van der Waals surface area (Å²) in [4.78, 5) is 0. The number of aliphatic hydroxyl groups is 2. The molecule has 0 amide bonds. The summed E-state index contributed by atoms with van der Waals surface area (Å²) in [5.41, 5.74) is 3.27. The maximum atomic E-state index is 11.9. The van der Waals surface area contributed by atoms with E-state index in [-0.39, 0.29) is 27.7 Å². The van der Waals surface area contributed by atoms with E-state index in [4.69, 9.17) is 4.43 Å². The lowest BCUT2D eigenvalue weighted by Gasteiger charge is -2.54. The number of aliphatic hydroxyl groups excluding tert-OH is 1. The van der Waals surface area contributed by atoms with Crippen molar-refractivity contribution in [3.8, 4) is 0 Å². The molecular formula is C35H62O3SSi. The van der Waals surface area contributed by atoms with Crippen LogP contribution in [0, 0.1) is 28.6 Å². The smallest absolute Gasteiger partial charge is 0.192 e. The molecule has 7 atom stereocenters. The van der Waals surface area contributed by atoms with Gasteiger partial charge in [-0.1, -0.05) is 78.2 Å². The molecule has 0 aromatic carbocycles. The summed E-state index contributed by atoms with van der Waals surface area (Å²) >= 11 is 2.03. The highest BCUT2D eigenvalue weighted by Gasteiger charge is 2.60. The fraction of sp³-hybridized carbons (Fsp3) is 0.886. The molecule has 0 saturated heterocycles. The monoisotopic (exact) mass is 590 g/mol. The lowest BCUT2D eigenvalue weighted by atomic mass is 9.50. The Bertz CT molecular complexity index is 947. The zero-order chi connectivity index (χ0) is 29.6. The first-order valence-corrected chi connectivity index (χ1v) is 20.6. The summed E-state index contributed by atoms with van der Waals surface area (Å²) in [6.45, 7) is 21.7. The number of hydrogen-bond donors (Lipinski definition) is 2. The molecule has 40 heavy (non-hydrogen) atoms. The summed E-state index contributed by atoms with van der Waals surface area (Å²) in [7, 11) is -1.91. The first-order valence-electron chi connectivity index (χ1n) is 16.7. The molecule has 0 heterocycles. The van der Waals surface area contributed by atoms with Gasteiger partial charge in [-0.2, -0.15) is 11.8 Å². The van der Waals surface area contributed by atoms with Crippen molar-refractivity contribution in [2.45, 2.75) is 154 Å². The maximum absolute atomic E-state index is 11.9. The minimum Gasteiger partial charge on any atom is -0.416 e. The second-order valence-corrected chi connectivity index (χ2v) is 22.1. The summed E-state index contributed by atoms with van der Waals surface area (Å²) in [5.74, 6) is 2.40. The Balaban J connectivity index is 1.57. The van der Waals surface area contributed by atoms with Gasteiger partial charge in [-0.3, -0.25) is 0 Å². The molecule has 2 N–H and O–H groups in total. The van der Waals surface area contributed by atoms with Gasteiger partial charge in [-0.25, -0.2) is 0 Å². The minimum absolute atomic E-state index is 0.111. The van der Waals surface area contributed by atoms with E-state index in [9.17, 15) is 10.2 Å². The van der Waals surface area contributed by atoms with Crippen molar-refractivity contribution in [3.63, 3.8) is 0 Å². The van der Waals surface area contributed by atoms with Crippen LogP contribution in [-0.4, -0.2) is 47.8 Å². The molecule has 5 heteroatoms. The van der Waals surface area contributed by atoms with Crippen LogP contribution in [0.2, 0.25) is 18.1 Å². The van der Waals surface area contributed by atoms with Gasteiger partial charge in [-0.15, -0.1) is 0 Å². The minimum atomic E-state index is -1.91. The van der Waals surface area contributed by atoms with Gasteiger partial charge >= 0.3 is 0 Å². The summed E-state index contributed by atoms with van der Waals surface area (Å²) in [6, 6.07) is 0. The highest BCUT2D eigenvalue weighted by Crippen LogP contribution is 2.66. The SMILES string of the molecule is CCC(O)(CC)CCCS[C@H](CO[Si](C)(C)C(C)(C)C)[C@H]1[C@@H](O)C[C@H]2C3=CC=C4CCCC[C@]4(C)[C@H]3CC[C@]12C. The fourth-order valence-corrected chi connectivity index (χ4v) is 11.4. The molecule has 230 valence electrons. The zero-order valence-electron chi connectivity index (χ0n) is 27.4. The van der Waals surface area contributed by atoms with Gasteiger partial charge in [0.25, 0.3) is 0 Å². The van der Waals surface area contributed by atoms with Crippen molar-refractivity contribution in [2.75, 3.05) is 12.4 Å². The van der Waals surface area contributed by atoms with Crippen molar-refractivity contribution in [1.82, 2.24) is 0 Å². The predicted octanol–water partition coefficient (Wildman–Crippen LogP) is 9.30. The first-order chi connectivity index (χ1) is 18.6. The van der Waals surface area contributed by atoms with Gasteiger partial charge in [-0.05, 0) is 111 Å². The van der Waals surface area contributed by atoms with Gasteiger partial charge < -0.3 is 14.6 Å². The van der Waals surface area contributed by atoms with Crippen molar-refractivity contribution < 1.29 is 14.6 Å². The summed E-state index contributed by atoms with van der Waals surface area (Å²) in [6.07, 6.45) is 16.9. The third-order valence-electron chi connectivity index (χ3n) is 12.8. The third-order valence-corrected chi connectivity index (χ3v) is 18.7. The van der Waals surface area contributed by atoms with E-state index >= 15 is 0 Å². The van der Waals surface area contributed by atoms with E-state index in [0.717, 1.165) is 44.5 Å². The fourth-order valence-electron chi connectivity index (χ4n) is 8.77. The summed E-state index contributed by atoms with van der Waals surface area (Å²) < 4.78 is 6.91. The average molecular weight is 591 g/mol. The molecule has 0 spiro atoms. The number of fused-ring (bicyclic) bond motifs is 5. The van der Waals surface area contributed by atoms with Gasteiger partial charge in [0, 0.05) is 17.8 Å². The Hall–Kier alpha value is -0.0731. The molecular weight excluding hydrogens is 529 g/mol. The van der Waals surface area contributed by atoms with Crippen molar-refractivity contribution in [1.29, 1.82) is 0 Å². The molecule has 0 unspecified atom stereocenters. The van der Waals surface area contributed by atoms with Crippen molar-refractivity contribution in [3.05, 3.63) is 23.3 Å². The van der Waals surface area contributed by atoms with Crippen LogP contribution in [0.25, 0.3) is 0 Å². The Morgan fingerprint density at radius 1 is 1.07 bits per heavy atom. The molecule has 0 aromatic heterocycles. The summed E-state index contributed by atoms with van der Waals surface area (Å²) in [5, 5.41) is 23.2. The molecule has 0 aliphatic heterocycles. The maximum Gasteiger partial charge on any atom is 0.192 e. The number of allylic oxidation sites excluding steroid dienone is 4. The van der Waals surface area contributed by atoms with Crippen LogP contribution in [0.4, 0.5) is 0 Å². The predicted molar refractivity (Wildman–Crippen MR) is 175 cm³/mol. The normalized spacial score (nSPS) is 35.4. The molecule has 3 fully saturated rings. The van der Waals surface area contributed by atoms with Crippen molar-refractivity contribution >= 4 is 20.1 Å². The number of thioether (sulfide) groups is 1. The Labute approximate surface area is 252 Å². The highest BCUT2D eigenvalue weighted by molar-refractivity contribution is 7.99.